The van der Waals surface area contributed by atoms with Crippen molar-refractivity contribution in [3.05, 3.63) is 18.5 Å². The maximum absolute atomic E-state index is 13.2. The zero-order valence-corrected chi connectivity index (χ0v) is 16.3. The quantitative estimate of drug-likeness (QED) is 0.788. The highest BCUT2D eigenvalue weighted by molar-refractivity contribution is 5.84. The first kappa shape index (κ1) is 19.3. The minimum absolute atomic E-state index is 0.0768. The highest BCUT2D eigenvalue weighted by Crippen LogP contribution is 2.28. The minimum Gasteiger partial charge on any atom is -0.381 e. The summed E-state index contributed by atoms with van der Waals surface area (Å²) in [6, 6.07) is 1.89. The number of piperidine rings is 2. The molecule has 0 bridgehead atoms. The van der Waals surface area contributed by atoms with E-state index in [-0.39, 0.29) is 11.4 Å². The third kappa shape index (κ3) is 3.94. The summed E-state index contributed by atoms with van der Waals surface area (Å²) in [6.45, 7) is 8.75. The van der Waals surface area contributed by atoms with Gasteiger partial charge in [-0.3, -0.25) is 14.4 Å². The number of ether oxygens (including phenoxy) is 1. The van der Waals surface area contributed by atoms with Gasteiger partial charge in [0.1, 0.15) is 5.54 Å². The fraction of sp³-hybridized carbons (Fsp3) is 0.789. The number of amides is 1. The Morgan fingerprint density at radius 2 is 2.04 bits per heavy atom. The van der Waals surface area contributed by atoms with Crippen LogP contribution in [0.15, 0.2) is 18.5 Å². The second-order valence-electron chi connectivity index (χ2n) is 8.15. The van der Waals surface area contributed by atoms with E-state index in [1.165, 1.54) is 0 Å². The van der Waals surface area contributed by atoms with Gasteiger partial charge in [0, 0.05) is 44.7 Å². The van der Waals surface area contributed by atoms with Gasteiger partial charge in [-0.25, -0.2) is 0 Å². The molecule has 2 aliphatic heterocycles. The molecule has 0 spiro atoms. The molecule has 0 unspecified atom stereocenters. The van der Waals surface area contributed by atoms with E-state index >= 15 is 0 Å². The van der Waals surface area contributed by atoms with Crippen LogP contribution in [0.3, 0.4) is 0 Å². The molecule has 2 N–H and O–H groups in total. The number of carbonyl (C=O) groups excluding carboxylic acids is 1. The molecule has 2 fully saturated rings. The summed E-state index contributed by atoms with van der Waals surface area (Å²) < 4.78 is 7.32. The molecule has 0 aromatic carbocycles. The summed E-state index contributed by atoms with van der Waals surface area (Å²) in [6.07, 6.45) is 7.66. The fourth-order valence-electron chi connectivity index (χ4n) is 4.19. The lowest BCUT2D eigenvalue weighted by Gasteiger charge is -2.43. The number of methoxy groups -OCH3 is 1. The highest BCUT2D eigenvalue weighted by atomic mass is 16.5. The molecule has 2 aliphatic rings. The van der Waals surface area contributed by atoms with Crippen LogP contribution in [0, 0.1) is 0 Å². The largest absolute Gasteiger partial charge is 0.381 e. The van der Waals surface area contributed by atoms with Crippen LogP contribution in [0.25, 0.3) is 0 Å². The van der Waals surface area contributed by atoms with E-state index in [1.807, 2.05) is 16.9 Å². The lowest BCUT2D eigenvalue weighted by Crippen LogP contribution is -2.59. The molecule has 3 heterocycles. The Morgan fingerprint density at radius 1 is 1.35 bits per heavy atom. The zero-order chi connectivity index (χ0) is 18.6. The van der Waals surface area contributed by atoms with Gasteiger partial charge < -0.3 is 15.4 Å². The average Bonchev–Trinajstić information content (AvgIpc) is 3.22. The predicted molar refractivity (Wildman–Crippen MR) is 101 cm³/mol. The maximum Gasteiger partial charge on any atom is 0.248 e. The second kappa shape index (κ2) is 8.06. The summed E-state index contributed by atoms with van der Waals surface area (Å²) >= 11 is 0. The number of rotatable bonds is 6. The first-order valence-electron chi connectivity index (χ1n) is 9.75. The summed E-state index contributed by atoms with van der Waals surface area (Å²) in [4.78, 5) is 15.7. The van der Waals surface area contributed by atoms with Crippen molar-refractivity contribution in [3.63, 3.8) is 0 Å². The lowest BCUT2D eigenvalue weighted by molar-refractivity contribution is -0.132. The Hall–Kier alpha value is -1.44. The van der Waals surface area contributed by atoms with E-state index in [1.54, 1.807) is 13.3 Å². The van der Waals surface area contributed by atoms with Crippen LogP contribution in [-0.4, -0.2) is 72.1 Å². The highest BCUT2D eigenvalue weighted by Gasteiger charge is 2.42. The third-order valence-corrected chi connectivity index (χ3v) is 6.11. The van der Waals surface area contributed by atoms with Crippen LogP contribution in [0.4, 0.5) is 0 Å². The van der Waals surface area contributed by atoms with E-state index in [2.05, 4.69) is 34.5 Å². The number of carbonyl (C=O) groups is 1. The molecule has 1 amide bonds. The van der Waals surface area contributed by atoms with Gasteiger partial charge in [-0.1, -0.05) is 0 Å². The SMILES string of the molecule is COC1CCN(C(C)(C)CNC(=O)C2(n3cccn3)CCNCC2)CC1. The number of likely N-dealkylation sites (tertiary alicyclic amines) is 1. The molecule has 146 valence electrons. The Kier molecular flexibility index (Phi) is 5.99. The summed E-state index contributed by atoms with van der Waals surface area (Å²) in [7, 11) is 1.79. The molecular weight excluding hydrogens is 330 g/mol. The Balaban J connectivity index is 1.63. The van der Waals surface area contributed by atoms with Crippen LogP contribution < -0.4 is 10.6 Å². The third-order valence-electron chi connectivity index (χ3n) is 6.11. The summed E-state index contributed by atoms with van der Waals surface area (Å²) in [5.74, 6) is 0.0857. The standard InChI is InChI=1S/C19H33N5O2/c1-18(2,23-13-5-16(26-3)6-14-23)15-21-17(25)19(7-10-20-11-8-19)24-12-4-9-22-24/h4,9,12,16,20H,5-8,10-11,13-15H2,1-3H3,(H,21,25). The maximum atomic E-state index is 13.2. The van der Waals surface area contributed by atoms with Crippen molar-refractivity contribution in [1.82, 2.24) is 25.3 Å². The normalized spacial score (nSPS) is 22.3. The number of hydrogen-bond donors (Lipinski definition) is 2. The molecule has 7 heteroatoms. The van der Waals surface area contributed by atoms with Gasteiger partial charge in [-0.15, -0.1) is 0 Å². The summed E-state index contributed by atoms with van der Waals surface area (Å²) in [5, 5.41) is 11.0. The topological polar surface area (TPSA) is 71.4 Å². The van der Waals surface area contributed by atoms with Crippen LogP contribution in [0.1, 0.15) is 39.5 Å². The van der Waals surface area contributed by atoms with Crippen molar-refractivity contribution in [2.24, 2.45) is 0 Å². The Bertz CT molecular complexity index is 573. The van der Waals surface area contributed by atoms with Crippen LogP contribution in [-0.2, 0) is 15.1 Å². The molecule has 1 aromatic rings. The van der Waals surface area contributed by atoms with E-state index in [9.17, 15) is 4.79 Å². The monoisotopic (exact) mass is 363 g/mol. The van der Waals surface area contributed by atoms with E-state index in [4.69, 9.17) is 4.74 Å². The van der Waals surface area contributed by atoms with Gasteiger partial charge in [-0.05, 0) is 58.7 Å². The van der Waals surface area contributed by atoms with Gasteiger partial charge in [-0.2, -0.15) is 5.10 Å². The number of nitrogens with one attached hydrogen (secondary N) is 2. The lowest BCUT2D eigenvalue weighted by atomic mass is 9.87. The summed E-state index contributed by atoms with van der Waals surface area (Å²) in [5.41, 5.74) is -0.652. The Labute approximate surface area is 156 Å². The molecule has 0 saturated carbocycles. The average molecular weight is 364 g/mol. The predicted octanol–water partition coefficient (Wildman–Crippen LogP) is 0.967. The zero-order valence-electron chi connectivity index (χ0n) is 16.3. The first-order valence-corrected chi connectivity index (χ1v) is 9.75. The molecule has 0 radical (unpaired) electrons. The molecule has 0 aliphatic carbocycles. The van der Waals surface area contributed by atoms with Crippen molar-refractivity contribution in [3.8, 4) is 0 Å². The van der Waals surface area contributed by atoms with E-state index in [0.717, 1.165) is 51.9 Å². The molecule has 2 saturated heterocycles. The van der Waals surface area contributed by atoms with Crippen LogP contribution >= 0.6 is 0 Å². The van der Waals surface area contributed by atoms with Gasteiger partial charge in [0.25, 0.3) is 0 Å². The van der Waals surface area contributed by atoms with Gasteiger partial charge in [0.2, 0.25) is 5.91 Å². The van der Waals surface area contributed by atoms with Crippen molar-refractivity contribution in [2.75, 3.05) is 39.8 Å². The number of aromatic nitrogens is 2. The molecule has 1 aromatic heterocycles. The van der Waals surface area contributed by atoms with Crippen molar-refractivity contribution in [1.29, 1.82) is 0 Å². The van der Waals surface area contributed by atoms with Crippen molar-refractivity contribution in [2.45, 2.75) is 56.7 Å². The van der Waals surface area contributed by atoms with Crippen LogP contribution in [0.2, 0.25) is 0 Å². The minimum atomic E-state index is -0.576. The molecule has 26 heavy (non-hydrogen) atoms. The van der Waals surface area contributed by atoms with Gasteiger partial charge >= 0.3 is 0 Å². The van der Waals surface area contributed by atoms with Crippen molar-refractivity contribution >= 4 is 5.91 Å². The van der Waals surface area contributed by atoms with E-state index < -0.39 is 5.54 Å². The molecule has 7 nitrogen and oxygen atoms in total. The van der Waals surface area contributed by atoms with E-state index in [0.29, 0.717) is 12.6 Å². The smallest absolute Gasteiger partial charge is 0.248 e. The molecule has 3 rings (SSSR count). The van der Waals surface area contributed by atoms with Gasteiger partial charge in [0.15, 0.2) is 0 Å². The molecule has 0 atom stereocenters. The number of nitrogens with zero attached hydrogens (tertiary/aromatic N) is 3. The molecular formula is C19H33N5O2. The number of hydrogen-bond acceptors (Lipinski definition) is 5. The van der Waals surface area contributed by atoms with Crippen molar-refractivity contribution < 1.29 is 9.53 Å². The first-order chi connectivity index (χ1) is 12.5. The fourth-order valence-corrected chi connectivity index (χ4v) is 4.19. The second-order valence-corrected chi connectivity index (χ2v) is 8.15. The Morgan fingerprint density at radius 3 is 2.62 bits per heavy atom. The van der Waals surface area contributed by atoms with Gasteiger partial charge in [0.05, 0.1) is 6.10 Å². The van der Waals surface area contributed by atoms with Crippen LogP contribution in [0.5, 0.6) is 0 Å².